The van der Waals surface area contributed by atoms with Crippen LogP contribution in [0.1, 0.15) is 45.4 Å². The Balaban J connectivity index is 2.49. The average Bonchev–Trinajstić information content (AvgIpc) is 2.30. The van der Waals surface area contributed by atoms with Gasteiger partial charge in [-0.25, -0.2) is 4.79 Å². The standard InChI is InChI=1S/C13H22O4/c1-3-4-6-11(13(15)8-5-9-13)7-10-17-12(14)16-2/h7,15H,3-6,8-10H2,1-2H3/b11-7-. The zero-order valence-corrected chi connectivity index (χ0v) is 10.7. The molecule has 1 aliphatic rings. The van der Waals surface area contributed by atoms with Gasteiger partial charge in [0.15, 0.2) is 0 Å². The smallest absolute Gasteiger partial charge is 0.438 e. The summed E-state index contributed by atoms with van der Waals surface area (Å²) in [6.07, 6.45) is 6.86. The van der Waals surface area contributed by atoms with Crippen LogP contribution in [0.5, 0.6) is 0 Å². The summed E-state index contributed by atoms with van der Waals surface area (Å²) in [7, 11) is 1.28. The van der Waals surface area contributed by atoms with E-state index >= 15 is 0 Å². The number of aliphatic hydroxyl groups is 1. The van der Waals surface area contributed by atoms with Crippen molar-refractivity contribution in [3.63, 3.8) is 0 Å². The minimum atomic E-state index is -0.684. The van der Waals surface area contributed by atoms with E-state index in [2.05, 4.69) is 11.7 Å². The Labute approximate surface area is 103 Å². The third kappa shape index (κ3) is 4.04. The largest absolute Gasteiger partial charge is 0.508 e. The van der Waals surface area contributed by atoms with Crippen LogP contribution in [0.4, 0.5) is 4.79 Å². The van der Waals surface area contributed by atoms with E-state index in [0.717, 1.165) is 44.1 Å². The first-order valence-electron chi connectivity index (χ1n) is 6.25. The van der Waals surface area contributed by atoms with Crippen molar-refractivity contribution in [2.45, 2.75) is 51.0 Å². The molecule has 0 atom stereocenters. The molecule has 0 aromatic heterocycles. The molecule has 0 saturated heterocycles. The molecule has 0 unspecified atom stereocenters. The van der Waals surface area contributed by atoms with Crippen LogP contribution < -0.4 is 0 Å². The molecule has 0 aromatic rings. The fourth-order valence-corrected chi connectivity index (χ4v) is 1.99. The monoisotopic (exact) mass is 242 g/mol. The second-order valence-electron chi connectivity index (χ2n) is 4.48. The van der Waals surface area contributed by atoms with Crippen molar-refractivity contribution >= 4 is 6.16 Å². The fraction of sp³-hybridized carbons (Fsp3) is 0.769. The van der Waals surface area contributed by atoms with Gasteiger partial charge in [0.05, 0.1) is 12.7 Å². The molecule has 0 spiro atoms. The SMILES string of the molecule is CCCC/C(=C/COC(=O)OC)C1(O)CCC1. The molecule has 0 heterocycles. The quantitative estimate of drug-likeness (QED) is 0.575. The van der Waals surface area contributed by atoms with Crippen LogP contribution in [0.3, 0.4) is 0 Å². The second kappa shape index (κ2) is 6.64. The summed E-state index contributed by atoms with van der Waals surface area (Å²) in [5.41, 5.74) is 0.365. The maximum Gasteiger partial charge on any atom is 0.508 e. The molecule has 0 bridgehead atoms. The van der Waals surface area contributed by atoms with Gasteiger partial charge in [-0.2, -0.15) is 0 Å². The van der Waals surface area contributed by atoms with Crippen LogP contribution >= 0.6 is 0 Å². The topological polar surface area (TPSA) is 55.8 Å². The molecule has 4 nitrogen and oxygen atoms in total. The Hall–Kier alpha value is -1.03. The first-order chi connectivity index (χ1) is 8.12. The van der Waals surface area contributed by atoms with Gasteiger partial charge < -0.3 is 14.6 Å². The van der Waals surface area contributed by atoms with Crippen LogP contribution in [0.2, 0.25) is 0 Å². The molecular formula is C13H22O4. The molecule has 1 aliphatic carbocycles. The molecule has 0 aromatic carbocycles. The van der Waals surface area contributed by atoms with Crippen LogP contribution in [-0.4, -0.2) is 30.6 Å². The van der Waals surface area contributed by atoms with Crippen molar-refractivity contribution in [1.29, 1.82) is 0 Å². The van der Waals surface area contributed by atoms with Gasteiger partial charge in [-0.15, -0.1) is 0 Å². The highest BCUT2D eigenvalue weighted by molar-refractivity contribution is 5.59. The third-order valence-corrected chi connectivity index (χ3v) is 3.28. The maximum atomic E-state index is 10.8. The highest BCUT2D eigenvalue weighted by Gasteiger charge is 2.37. The molecule has 1 fully saturated rings. The van der Waals surface area contributed by atoms with Crippen molar-refractivity contribution in [1.82, 2.24) is 0 Å². The molecule has 1 rings (SSSR count). The summed E-state index contributed by atoms with van der Waals surface area (Å²) in [6, 6.07) is 0. The molecule has 0 amide bonds. The second-order valence-corrected chi connectivity index (χ2v) is 4.48. The molecule has 4 heteroatoms. The van der Waals surface area contributed by atoms with Crippen LogP contribution in [0.15, 0.2) is 11.6 Å². The van der Waals surface area contributed by atoms with E-state index in [-0.39, 0.29) is 6.61 Å². The number of rotatable bonds is 6. The first kappa shape index (κ1) is 14.0. The van der Waals surface area contributed by atoms with E-state index < -0.39 is 11.8 Å². The lowest BCUT2D eigenvalue weighted by molar-refractivity contribution is -0.00162. The lowest BCUT2D eigenvalue weighted by Crippen LogP contribution is -2.39. The van der Waals surface area contributed by atoms with Crippen LogP contribution in [0, 0.1) is 0 Å². The summed E-state index contributed by atoms with van der Waals surface area (Å²) in [4.78, 5) is 10.8. The van der Waals surface area contributed by atoms with E-state index in [9.17, 15) is 9.90 Å². The number of hydrogen-bond donors (Lipinski definition) is 1. The summed E-state index contributed by atoms with van der Waals surface area (Å²) < 4.78 is 9.20. The minimum Gasteiger partial charge on any atom is -0.438 e. The van der Waals surface area contributed by atoms with E-state index in [4.69, 9.17) is 4.74 Å². The lowest BCUT2D eigenvalue weighted by Gasteiger charge is -2.39. The molecule has 1 N–H and O–H groups in total. The first-order valence-corrected chi connectivity index (χ1v) is 6.25. The molecule has 0 aliphatic heterocycles. The van der Waals surface area contributed by atoms with Gasteiger partial charge in [0.25, 0.3) is 0 Å². The Morgan fingerprint density at radius 1 is 1.47 bits per heavy atom. The normalized spacial score (nSPS) is 18.4. The zero-order valence-electron chi connectivity index (χ0n) is 10.7. The summed E-state index contributed by atoms with van der Waals surface area (Å²) in [5, 5.41) is 10.3. The number of carbonyl (C=O) groups excluding carboxylic acids is 1. The Morgan fingerprint density at radius 3 is 2.65 bits per heavy atom. The predicted molar refractivity (Wildman–Crippen MR) is 64.8 cm³/mol. The minimum absolute atomic E-state index is 0.175. The molecular weight excluding hydrogens is 220 g/mol. The van der Waals surface area contributed by atoms with Crippen molar-refractivity contribution < 1.29 is 19.4 Å². The summed E-state index contributed by atoms with van der Waals surface area (Å²) >= 11 is 0. The van der Waals surface area contributed by atoms with Crippen LogP contribution in [0.25, 0.3) is 0 Å². The molecule has 98 valence electrons. The number of hydrogen-bond acceptors (Lipinski definition) is 4. The predicted octanol–water partition coefficient (Wildman–Crippen LogP) is 2.80. The Kier molecular flexibility index (Phi) is 5.48. The van der Waals surface area contributed by atoms with E-state index in [1.165, 1.54) is 7.11 Å². The van der Waals surface area contributed by atoms with Gasteiger partial charge in [0.2, 0.25) is 0 Å². The Bertz CT molecular complexity index is 279. The van der Waals surface area contributed by atoms with E-state index in [1.54, 1.807) is 0 Å². The van der Waals surface area contributed by atoms with Gasteiger partial charge >= 0.3 is 6.16 Å². The van der Waals surface area contributed by atoms with Crippen molar-refractivity contribution in [2.24, 2.45) is 0 Å². The molecule has 0 radical (unpaired) electrons. The number of ether oxygens (including phenoxy) is 2. The summed E-state index contributed by atoms with van der Waals surface area (Å²) in [5.74, 6) is 0. The van der Waals surface area contributed by atoms with Crippen molar-refractivity contribution in [3.05, 3.63) is 11.6 Å². The zero-order chi connectivity index (χ0) is 12.7. The highest BCUT2D eigenvalue weighted by atomic mass is 16.7. The average molecular weight is 242 g/mol. The van der Waals surface area contributed by atoms with Gasteiger partial charge in [0, 0.05) is 0 Å². The third-order valence-electron chi connectivity index (χ3n) is 3.28. The fourth-order valence-electron chi connectivity index (χ4n) is 1.99. The van der Waals surface area contributed by atoms with E-state index in [0.29, 0.717) is 0 Å². The van der Waals surface area contributed by atoms with Gasteiger partial charge in [-0.3, -0.25) is 0 Å². The lowest BCUT2D eigenvalue weighted by atomic mass is 9.73. The molecule has 1 saturated carbocycles. The number of carbonyl (C=O) groups is 1. The van der Waals surface area contributed by atoms with Gasteiger partial charge in [-0.1, -0.05) is 13.3 Å². The molecule has 17 heavy (non-hydrogen) atoms. The van der Waals surface area contributed by atoms with Gasteiger partial charge in [0.1, 0.15) is 6.61 Å². The van der Waals surface area contributed by atoms with Gasteiger partial charge in [-0.05, 0) is 43.8 Å². The number of methoxy groups -OCH3 is 1. The Morgan fingerprint density at radius 2 is 2.18 bits per heavy atom. The highest BCUT2D eigenvalue weighted by Crippen LogP contribution is 2.40. The van der Waals surface area contributed by atoms with E-state index in [1.807, 2.05) is 6.08 Å². The number of unbranched alkanes of at least 4 members (excludes halogenated alkanes) is 1. The maximum absolute atomic E-state index is 10.8. The van der Waals surface area contributed by atoms with Crippen LogP contribution in [-0.2, 0) is 9.47 Å². The van der Waals surface area contributed by atoms with Crippen molar-refractivity contribution in [2.75, 3.05) is 13.7 Å². The summed E-state index contributed by atoms with van der Waals surface area (Å²) in [6.45, 7) is 2.29. The van der Waals surface area contributed by atoms with Crippen molar-refractivity contribution in [3.8, 4) is 0 Å².